The van der Waals surface area contributed by atoms with Crippen molar-refractivity contribution in [1.82, 2.24) is 10.2 Å². The molecule has 6 nitrogen and oxygen atoms in total. The van der Waals surface area contributed by atoms with E-state index >= 15 is 0 Å². The molecular weight excluding hydrogens is 428 g/mol. The van der Waals surface area contributed by atoms with Crippen molar-refractivity contribution in [3.05, 3.63) is 64.9 Å². The van der Waals surface area contributed by atoms with Crippen molar-refractivity contribution < 1.29 is 18.7 Å². The van der Waals surface area contributed by atoms with Crippen LogP contribution >= 0.6 is 0 Å². The summed E-state index contributed by atoms with van der Waals surface area (Å²) in [6.45, 7) is 3.67. The Morgan fingerprint density at radius 2 is 1.85 bits per heavy atom. The third-order valence-corrected chi connectivity index (χ3v) is 7.07. The van der Waals surface area contributed by atoms with Crippen molar-refractivity contribution in [3.63, 3.8) is 0 Å². The quantitative estimate of drug-likeness (QED) is 0.527. The van der Waals surface area contributed by atoms with Gasteiger partial charge in [-0.05, 0) is 67.9 Å². The van der Waals surface area contributed by atoms with Crippen LogP contribution in [0.1, 0.15) is 60.9 Å². The molecule has 1 unspecified atom stereocenters. The lowest BCUT2D eigenvalue weighted by molar-refractivity contribution is -0.132. The van der Waals surface area contributed by atoms with Crippen molar-refractivity contribution in [2.75, 3.05) is 19.7 Å². The van der Waals surface area contributed by atoms with Gasteiger partial charge in [0.05, 0.1) is 18.7 Å². The standard InChI is InChI=1S/C28H32N2O4/c1-2-24(22-10-3-4-11-25(22)34-18-28(32)30-12-5-6-13-30)29-27(31)16-21-17-33-26-15-20-9-7-8-19(20)14-23(21)26/h3-4,10-11,14-15,17,24H,2,5-9,12-13,16,18H2,1H3,(H,29,31). The first-order valence-corrected chi connectivity index (χ1v) is 12.4. The summed E-state index contributed by atoms with van der Waals surface area (Å²) in [5.74, 6) is 0.604. The van der Waals surface area contributed by atoms with Crippen molar-refractivity contribution in [2.24, 2.45) is 0 Å². The van der Waals surface area contributed by atoms with Crippen LogP contribution in [0.5, 0.6) is 5.75 Å². The fourth-order valence-electron chi connectivity index (χ4n) is 5.20. The number of furan rings is 1. The normalized spacial score (nSPS) is 16.0. The highest BCUT2D eigenvalue weighted by Gasteiger charge is 2.22. The fraction of sp³-hybridized carbons (Fsp3) is 0.429. The highest BCUT2D eigenvalue weighted by atomic mass is 16.5. The Labute approximate surface area is 200 Å². The van der Waals surface area contributed by atoms with Gasteiger partial charge in [-0.25, -0.2) is 0 Å². The minimum atomic E-state index is -0.201. The molecule has 1 saturated heterocycles. The molecule has 2 aliphatic rings. The Balaban J connectivity index is 1.26. The average molecular weight is 461 g/mol. The predicted molar refractivity (Wildman–Crippen MR) is 131 cm³/mol. The van der Waals surface area contributed by atoms with Crippen molar-refractivity contribution in [2.45, 2.75) is 57.9 Å². The maximum Gasteiger partial charge on any atom is 0.260 e. The van der Waals surface area contributed by atoms with Gasteiger partial charge in [0.15, 0.2) is 6.61 Å². The molecule has 178 valence electrons. The van der Waals surface area contributed by atoms with E-state index in [-0.39, 0.29) is 30.9 Å². The number of amides is 2. The third-order valence-electron chi connectivity index (χ3n) is 7.07. The van der Waals surface area contributed by atoms with Gasteiger partial charge in [-0.2, -0.15) is 0 Å². The first-order valence-electron chi connectivity index (χ1n) is 12.4. The Kier molecular flexibility index (Phi) is 6.57. The number of hydrogen-bond donors (Lipinski definition) is 1. The molecule has 0 spiro atoms. The Morgan fingerprint density at radius 3 is 2.65 bits per heavy atom. The number of nitrogens with one attached hydrogen (secondary N) is 1. The van der Waals surface area contributed by atoms with E-state index in [1.54, 1.807) is 6.26 Å². The molecular formula is C28H32N2O4. The molecule has 1 atom stereocenters. The van der Waals surface area contributed by atoms with E-state index in [1.165, 1.54) is 17.5 Å². The molecule has 1 N–H and O–H groups in total. The van der Waals surface area contributed by atoms with E-state index in [4.69, 9.17) is 9.15 Å². The predicted octanol–water partition coefficient (Wildman–Crippen LogP) is 4.73. The van der Waals surface area contributed by atoms with E-state index < -0.39 is 0 Å². The number of likely N-dealkylation sites (tertiary alicyclic amines) is 1. The van der Waals surface area contributed by atoms with Crippen LogP contribution in [0.2, 0.25) is 0 Å². The number of aryl methyl sites for hydroxylation is 2. The highest BCUT2D eigenvalue weighted by molar-refractivity contribution is 5.89. The number of rotatable bonds is 8. The number of para-hydroxylation sites is 1. The van der Waals surface area contributed by atoms with Gasteiger partial charge in [-0.1, -0.05) is 25.1 Å². The van der Waals surface area contributed by atoms with Gasteiger partial charge in [-0.15, -0.1) is 0 Å². The molecule has 1 aliphatic carbocycles. The second kappa shape index (κ2) is 9.92. The number of carbonyl (C=O) groups excluding carboxylic acids is 2. The van der Waals surface area contributed by atoms with Gasteiger partial charge in [-0.3, -0.25) is 9.59 Å². The summed E-state index contributed by atoms with van der Waals surface area (Å²) >= 11 is 0. The van der Waals surface area contributed by atoms with Crippen molar-refractivity contribution in [3.8, 4) is 5.75 Å². The molecule has 2 amide bonds. The van der Waals surface area contributed by atoms with Crippen LogP contribution in [0.15, 0.2) is 47.1 Å². The molecule has 0 bridgehead atoms. The average Bonchev–Trinajstić information content (AvgIpc) is 3.61. The number of ether oxygens (including phenoxy) is 1. The summed E-state index contributed by atoms with van der Waals surface area (Å²) < 4.78 is 11.7. The van der Waals surface area contributed by atoms with Gasteiger partial charge < -0.3 is 19.4 Å². The first kappa shape index (κ1) is 22.5. The lowest BCUT2D eigenvalue weighted by atomic mass is 10.0. The highest BCUT2D eigenvalue weighted by Crippen LogP contribution is 2.31. The Bertz CT molecular complexity index is 1190. The summed E-state index contributed by atoms with van der Waals surface area (Å²) in [6.07, 6.45) is 8.18. The lowest BCUT2D eigenvalue weighted by Crippen LogP contribution is -2.33. The molecule has 1 aromatic heterocycles. The molecule has 6 heteroatoms. The molecule has 2 heterocycles. The van der Waals surface area contributed by atoms with Crippen LogP contribution in [0.25, 0.3) is 11.0 Å². The van der Waals surface area contributed by atoms with Crippen LogP contribution in [-0.4, -0.2) is 36.4 Å². The monoisotopic (exact) mass is 460 g/mol. The molecule has 3 aromatic rings. The summed E-state index contributed by atoms with van der Waals surface area (Å²) in [7, 11) is 0. The largest absolute Gasteiger partial charge is 0.483 e. The zero-order valence-corrected chi connectivity index (χ0v) is 19.8. The Morgan fingerprint density at radius 1 is 1.09 bits per heavy atom. The fourth-order valence-corrected chi connectivity index (χ4v) is 5.20. The molecule has 1 fully saturated rings. The Hall–Kier alpha value is -3.28. The summed E-state index contributed by atoms with van der Waals surface area (Å²) in [5, 5.41) is 4.20. The lowest BCUT2D eigenvalue weighted by Gasteiger charge is -2.21. The second-order valence-corrected chi connectivity index (χ2v) is 9.35. The molecule has 2 aromatic carbocycles. The van der Waals surface area contributed by atoms with Crippen molar-refractivity contribution >= 4 is 22.8 Å². The van der Waals surface area contributed by atoms with Gasteiger partial charge in [0.2, 0.25) is 5.91 Å². The SMILES string of the molecule is CCC(NC(=O)Cc1coc2cc3c(cc12)CCC3)c1ccccc1OCC(=O)N1CCCC1. The zero-order chi connectivity index (χ0) is 23.5. The molecule has 0 saturated carbocycles. The summed E-state index contributed by atoms with van der Waals surface area (Å²) in [6, 6.07) is 11.8. The molecule has 5 rings (SSSR count). The zero-order valence-electron chi connectivity index (χ0n) is 19.8. The second-order valence-electron chi connectivity index (χ2n) is 9.35. The number of hydrogen-bond acceptors (Lipinski definition) is 4. The minimum absolute atomic E-state index is 0.0164. The number of nitrogens with zero attached hydrogens (tertiary/aromatic N) is 1. The number of fused-ring (bicyclic) bond motifs is 2. The van der Waals surface area contributed by atoms with Gasteiger partial charge in [0.25, 0.3) is 5.91 Å². The third kappa shape index (κ3) is 4.67. The minimum Gasteiger partial charge on any atom is -0.483 e. The van der Waals surface area contributed by atoms with E-state index in [0.717, 1.165) is 60.9 Å². The van der Waals surface area contributed by atoms with Gasteiger partial charge in [0, 0.05) is 29.6 Å². The van der Waals surface area contributed by atoms with E-state index in [1.807, 2.05) is 36.1 Å². The molecule has 1 aliphatic heterocycles. The van der Waals surface area contributed by atoms with Crippen LogP contribution in [0, 0.1) is 0 Å². The number of carbonyl (C=O) groups is 2. The summed E-state index contributed by atoms with van der Waals surface area (Å²) in [5.41, 5.74) is 5.40. The topological polar surface area (TPSA) is 71.8 Å². The number of benzene rings is 2. The van der Waals surface area contributed by atoms with Crippen LogP contribution in [-0.2, 0) is 28.9 Å². The van der Waals surface area contributed by atoms with Gasteiger partial charge >= 0.3 is 0 Å². The van der Waals surface area contributed by atoms with E-state index in [2.05, 4.69) is 17.4 Å². The van der Waals surface area contributed by atoms with Gasteiger partial charge in [0.1, 0.15) is 11.3 Å². The molecule has 0 radical (unpaired) electrons. The maximum absolute atomic E-state index is 13.0. The summed E-state index contributed by atoms with van der Waals surface area (Å²) in [4.78, 5) is 27.3. The van der Waals surface area contributed by atoms with E-state index in [0.29, 0.717) is 12.2 Å². The van der Waals surface area contributed by atoms with E-state index in [9.17, 15) is 9.59 Å². The van der Waals surface area contributed by atoms with Crippen LogP contribution < -0.4 is 10.1 Å². The smallest absolute Gasteiger partial charge is 0.260 e. The molecule has 34 heavy (non-hydrogen) atoms. The van der Waals surface area contributed by atoms with Crippen molar-refractivity contribution in [1.29, 1.82) is 0 Å². The first-order chi connectivity index (χ1) is 16.6. The maximum atomic E-state index is 13.0. The van der Waals surface area contributed by atoms with Crippen LogP contribution in [0.4, 0.5) is 0 Å². The van der Waals surface area contributed by atoms with Crippen LogP contribution in [0.3, 0.4) is 0 Å².